The van der Waals surface area contributed by atoms with Gasteiger partial charge in [0.1, 0.15) is 0 Å². The molecule has 0 unspecified atom stereocenters. The Balaban J connectivity index is 2.16. The van der Waals surface area contributed by atoms with Crippen LogP contribution >= 0.6 is 11.6 Å². The van der Waals surface area contributed by atoms with Gasteiger partial charge >= 0.3 is 0 Å². The molecule has 1 aromatic carbocycles. The van der Waals surface area contributed by atoms with Crippen molar-refractivity contribution in [2.24, 2.45) is 0 Å². The third-order valence-electron chi connectivity index (χ3n) is 2.98. The molecule has 1 aliphatic heterocycles. The first kappa shape index (κ1) is 13.8. The van der Waals surface area contributed by atoms with Crippen LogP contribution in [0.3, 0.4) is 0 Å². The zero-order valence-electron chi connectivity index (χ0n) is 10.1. The normalized spacial score (nSPS) is 19.5. The molecule has 18 heavy (non-hydrogen) atoms. The summed E-state index contributed by atoms with van der Waals surface area (Å²) < 4.78 is 25.6. The van der Waals surface area contributed by atoms with E-state index in [9.17, 15) is 13.5 Å². The Bertz CT molecular complexity index is 517. The van der Waals surface area contributed by atoms with Crippen molar-refractivity contribution in [3.63, 3.8) is 0 Å². The van der Waals surface area contributed by atoms with Crippen LogP contribution in [0.15, 0.2) is 29.2 Å². The largest absolute Gasteiger partial charge is 0.387 e. The number of sulfonamides is 1. The monoisotopic (exact) mass is 289 g/mol. The van der Waals surface area contributed by atoms with E-state index < -0.39 is 15.6 Å². The summed E-state index contributed by atoms with van der Waals surface area (Å²) in [6.07, 6.45) is 0.723. The highest BCUT2D eigenvalue weighted by molar-refractivity contribution is 7.89. The van der Waals surface area contributed by atoms with Gasteiger partial charge in [0.2, 0.25) is 10.0 Å². The average Bonchev–Trinajstić information content (AvgIpc) is 2.27. The number of hydrogen-bond donors (Lipinski definition) is 1. The van der Waals surface area contributed by atoms with Crippen molar-refractivity contribution in [1.29, 1.82) is 0 Å². The highest BCUT2D eigenvalue weighted by atomic mass is 35.5. The lowest BCUT2D eigenvalue weighted by Gasteiger charge is -2.42. The maximum atomic E-state index is 12.2. The zero-order valence-corrected chi connectivity index (χ0v) is 11.7. The van der Waals surface area contributed by atoms with E-state index in [0.717, 1.165) is 12.0 Å². The molecule has 2 rings (SSSR count). The van der Waals surface area contributed by atoms with Gasteiger partial charge in [0.15, 0.2) is 0 Å². The second-order valence-electron chi connectivity index (χ2n) is 4.85. The molecule has 1 heterocycles. The number of halogens is 1. The third kappa shape index (κ3) is 2.69. The highest BCUT2D eigenvalue weighted by Gasteiger charge is 2.43. The van der Waals surface area contributed by atoms with Gasteiger partial charge in [0, 0.05) is 19.0 Å². The van der Waals surface area contributed by atoms with Crippen LogP contribution in [0.25, 0.3) is 0 Å². The van der Waals surface area contributed by atoms with E-state index in [1.54, 1.807) is 31.2 Å². The quantitative estimate of drug-likeness (QED) is 0.848. The van der Waals surface area contributed by atoms with Crippen LogP contribution in [-0.4, -0.2) is 42.4 Å². The molecular formula is C12H16ClNO3S. The van der Waals surface area contributed by atoms with Crippen LogP contribution in [-0.2, 0) is 16.4 Å². The minimum Gasteiger partial charge on any atom is -0.387 e. The Labute approximate surface area is 112 Å². The second kappa shape index (κ2) is 4.81. The lowest BCUT2D eigenvalue weighted by atomic mass is 10.0. The molecule has 1 N–H and O–H groups in total. The summed E-state index contributed by atoms with van der Waals surface area (Å²) >= 11 is 5.62. The maximum absolute atomic E-state index is 12.2. The summed E-state index contributed by atoms with van der Waals surface area (Å²) in [6.45, 7) is 1.93. The first-order chi connectivity index (χ1) is 8.35. The molecule has 1 fully saturated rings. The molecule has 1 aromatic rings. The summed E-state index contributed by atoms with van der Waals surface area (Å²) in [5, 5.41) is 9.59. The molecular weight excluding hydrogens is 274 g/mol. The van der Waals surface area contributed by atoms with Crippen molar-refractivity contribution in [2.45, 2.75) is 23.8 Å². The number of rotatable bonds is 4. The topological polar surface area (TPSA) is 57.6 Å². The molecule has 0 spiro atoms. The first-order valence-electron chi connectivity index (χ1n) is 5.73. The highest BCUT2D eigenvalue weighted by Crippen LogP contribution is 2.27. The molecule has 1 saturated heterocycles. The number of aliphatic hydroxyl groups is 1. The van der Waals surface area contributed by atoms with E-state index in [2.05, 4.69) is 0 Å². The van der Waals surface area contributed by atoms with E-state index in [-0.39, 0.29) is 18.0 Å². The lowest BCUT2D eigenvalue weighted by molar-refractivity contribution is -0.0426. The van der Waals surface area contributed by atoms with Gasteiger partial charge in [0.05, 0.1) is 10.5 Å². The first-order valence-corrected chi connectivity index (χ1v) is 7.70. The molecule has 0 bridgehead atoms. The van der Waals surface area contributed by atoms with Crippen molar-refractivity contribution in [3.8, 4) is 0 Å². The summed E-state index contributed by atoms with van der Waals surface area (Å²) in [5.41, 5.74) is 0.116. The number of alkyl halides is 1. The Morgan fingerprint density at radius 2 is 1.89 bits per heavy atom. The van der Waals surface area contributed by atoms with E-state index in [0.29, 0.717) is 5.88 Å². The zero-order chi connectivity index (χ0) is 13.4. The van der Waals surface area contributed by atoms with Crippen LogP contribution in [0.1, 0.15) is 12.5 Å². The third-order valence-corrected chi connectivity index (χ3v) is 4.97. The van der Waals surface area contributed by atoms with Gasteiger partial charge in [0.25, 0.3) is 0 Å². The molecule has 0 aliphatic carbocycles. The number of aryl methyl sites for hydroxylation is 1. The van der Waals surface area contributed by atoms with Gasteiger partial charge in [-0.2, -0.15) is 4.31 Å². The van der Waals surface area contributed by atoms with Gasteiger partial charge in [-0.05, 0) is 31.0 Å². The fraction of sp³-hybridized carbons (Fsp3) is 0.500. The number of hydrogen-bond acceptors (Lipinski definition) is 3. The van der Waals surface area contributed by atoms with Crippen LogP contribution in [0.4, 0.5) is 0 Å². The van der Waals surface area contributed by atoms with Crippen molar-refractivity contribution in [1.82, 2.24) is 4.31 Å². The van der Waals surface area contributed by atoms with Gasteiger partial charge < -0.3 is 5.11 Å². The molecule has 0 saturated carbocycles. The lowest BCUT2D eigenvalue weighted by Crippen LogP contribution is -2.61. The van der Waals surface area contributed by atoms with Crippen LogP contribution in [0, 0.1) is 0 Å². The predicted octanol–water partition coefficient (Wildman–Crippen LogP) is 1.22. The minimum atomic E-state index is -3.46. The molecule has 6 heteroatoms. The fourth-order valence-electron chi connectivity index (χ4n) is 1.97. The fourth-order valence-corrected chi connectivity index (χ4v) is 3.86. The van der Waals surface area contributed by atoms with E-state index in [4.69, 9.17) is 11.6 Å². The van der Waals surface area contributed by atoms with Gasteiger partial charge in [-0.15, -0.1) is 11.6 Å². The van der Waals surface area contributed by atoms with Crippen LogP contribution in [0.2, 0.25) is 0 Å². The summed E-state index contributed by atoms with van der Waals surface area (Å²) in [6, 6.07) is 6.72. The Hall–Kier alpha value is -0.620. The van der Waals surface area contributed by atoms with Gasteiger partial charge in [-0.25, -0.2) is 8.42 Å². The molecule has 4 nitrogen and oxygen atoms in total. The number of β-amino-alcohol motifs (C(OH)–C–C–N with tert-alkyl or cyclic N) is 1. The van der Waals surface area contributed by atoms with Crippen LogP contribution < -0.4 is 0 Å². The SMILES string of the molecule is CC1(O)CN(S(=O)(=O)c2ccc(CCCl)cc2)C1. The van der Waals surface area contributed by atoms with Crippen molar-refractivity contribution < 1.29 is 13.5 Å². The van der Waals surface area contributed by atoms with Crippen molar-refractivity contribution >= 4 is 21.6 Å². The van der Waals surface area contributed by atoms with Gasteiger partial charge in [-0.3, -0.25) is 0 Å². The molecule has 0 amide bonds. The Kier molecular flexibility index (Phi) is 3.69. The molecule has 100 valence electrons. The van der Waals surface area contributed by atoms with Crippen molar-refractivity contribution in [3.05, 3.63) is 29.8 Å². The maximum Gasteiger partial charge on any atom is 0.243 e. The minimum absolute atomic E-state index is 0.152. The van der Waals surface area contributed by atoms with E-state index in [1.807, 2.05) is 0 Å². The molecule has 0 aromatic heterocycles. The Morgan fingerprint density at radius 1 is 1.33 bits per heavy atom. The molecule has 1 aliphatic rings. The summed E-state index contributed by atoms with van der Waals surface area (Å²) in [7, 11) is -3.46. The smallest absolute Gasteiger partial charge is 0.243 e. The predicted molar refractivity (Wildman–Crippen MR) is 70.2 cm³/mol. The van der Waals surface area contributed by atoms with E-state index >= 15 is 0 Å². The van der Waals surface area contributed by atoms with Gasteiger partial charge in [-0.1, -0.05) is 12.1 Å². The van der Waals surface area contributed by atoms with Crippen LogP contribution in [0.5, 0.6) is 0 Å². The molecule has 0 radical (unpaired) electrons. The molecule has 0 atom stereocenters. The second-order valence-corrected chi connectivity index (χ2v) is 7.17. The van der Waals surface area contributed by atoms with E-state index in [1.165, 1.54) is 4.31 Å². The summed E-state index contributed by atoms with van der Waals surface area (Å²) in [4.78, 5) is 0.260. The average molecular weight is 290 g/mol. The summed E-state index contributed by atoms with van der Waals surface area (Å²) in [5.74, 6) is 0.515. The van der Waals surface area contributed by atoms with Crippen molar-refractivity contribution in [2.75, 3.05) is 19.0 Å². The standard InChI is InChI=1S/C12H16ClNO3S/c1-12(15)8-14(9-12)18(16,17)11-4-2-10(3-5-11)6-7-13/h2-5,15H,6-9H2,1H3. The Morgan fingerprint density at radius 3 is 2.33 bits per heavy atom. The number of benzene rings is 1. The number of nitrogens with zero attached hydrogens (tertiary/aromatic N) is 1.